The van der Waals surface area contributed by atoms with Gasteiger partial charge in [-0.2, -0.15) is 0 Å². The standard InChI is InChI=1S/C74H56N2/c1-73(2)65-35-17-15-33-63(65)71-61-31-13-11-29-59(61)69(47-67(71)73)75(57-27-19-25-53(45-57)49-21-7-5-8-22-49)55-41-37-51(38-42-55)52-39-43-56(44-40-52)76(58-28-20-26-54(46-58)50-23-9-6-10-24-50)70-48-68-72(62-32-14-12-30-60(62)70)64-34-16-18-36-66(64)74(68,3)4/h5-48H,1-4H3. The second-order valence-electron chi connectivity index (χ2n) is 21.7. The summed E-state index contributed by atoms with van der Waals surface area (Å²) < 4.78 is 0. The molecule has 2 aliphatic carbocycles. The number of fused-ring (bicyclic) bond motifs is 10. The first-order chi connectivity index (χ1) is 37.2. The molecule has 14 rings (SSSR count). The molecule has 0 atom stereocenters. The zero-order valence-corrected chi connectivity index (χ0v) is 43.3. The minimum Gasteiger partial charge on any atom is -0.310 e. The molecule has 0 saturated carbocycles. The Kier molecular flexibility index (Phi) is 10.6. The van der Waals surface area contributed by atoms with Gasteiger partial charge in [-0.15, -0.1) is 0 Å². The molecule has 0 N–H and O–H groups in total. The van der Waals surface area contributed by atoms with E-state index in [4.69, 9.17) is 0 Å². The Hall–Kier alpha value is -9.24. The second-order valence-corrected chi connectivity index (χ2v) is 21.7. The maximum atomic E-state index is 2.48. The molecular weight excluding hydrogens is 917 g/mol. The minimum atomic E-state index is -0.172. The van der Waals surface area contributed by atoms with Crippen LogP contribution in [0.25, 0.3) is 77.2 Å². The predicted octanol–water partition coefficient (Wildman–Crippen LogP) is 20.5. The summed E-state index contributed by atoms with van der Waals surface area (Å²) in [6.07, 6.45) is 0. The molecule has 0 unspecified atom stereocenters. The van der Waals surface area contributed by atoms with E-state index in [1.54, 1.807) is 0 Å². The summed E-state index contributed by atoms with van der Waals surface area (Å²) in [5.74, 6) is 0. The fraction of sp³-hybridized carbons (Fsp3) is 0.0811. The highest BCUT2D eigenvalue weighted by molar-refractivity contribution is 6.11. The van der Waals surface area contributed by atoms with E-state index in [-0.39, 0.29) is 10.8 Å². The summed E-state index contributed by atoms with van der Waals surface area (Å²) in [7, 11) is 0. The fourth-order valence-corrected chi connectivity index (χ4v) is 12.8. The van der Waals surface area contributed by atoms with E-state index in [1.807, 2.05) is 0 Å². The monoisotopic (exact) mass is 972 g/mol. The molecule has 12 aromatic rings. The molecule has 0 bridgehead atoms. The molecule has 2 aliphatic rings. The van der Waals surface area contributed by atoms with Gasteiger partial charge < -0.3 is 9.80 Å². The van der Waals surface area contributed by atoms with Crippen LogP contribution in [0.4, 0.5) is 34.1 Å². The van der Waals surface area contributed by atoms with Crippen LogP contribution in [0.5, 0.6) is 0 Å². The summed E-state index contributed by atoms with van der Waals surface area (Å²) in [4.78, 5) is 4.95. The molecule has 0 aromatic heterocycles. The molecule has 0 spiro atoms. The van der Waals surface area contributed by atoms with Crippen LogP contribution in [-0.2, 0) is 10.8 Å². The lowest BCUT2D eigenvalue weighted by atomic mass is 9.81. The molecule has 0 fully saturated rings. The predicted molar refractivity (Wildman–Crippen MR) is 322 cm³/mol. The molecule has 2 nitrogen and oxygen atoms in total. The fourth-order valence-electron chi connectivity index (χ4n) is 12.8. The van der Waals surface area contributed by atoms with E-state index in [2.05, 4.69) is 304 Å². The highest BCUT2D eigenvalue weighted by Gasteiger charge is 2.39. The van der Waals surface area contributed by atoms with Crippen LogP contribution in [0, 0.1) is 0 Å². The highest BCUT2D eigenvalue weighted by Crippen LogP contribution is 2.56. The number of rotatable bonds is 9. The third kappa shape index (κ3) is 7.23. The SMILES string of the molecule is CC1(C)c2ccccc2-c2c1cc(N(c1ccc(-c3ccc(N(c4cccc(-c5ccccc5)c4)c4cc5c(c6ccccc46)-c4ccccc4C5(C)C)cc3)cc1)c1cccc(-c3ccccc3)c1)c1ccccc21. The lowest BCUT2D eigenvalue weighted by molar-refractivity contribution is 0.661. The first kappa shape index (κ1) is 45.4. The lowest BCUT2D eigenvalue weighted by Gasteiger charge is -2.30. The van der Waals surface area contributed by atoms with Gasteiger partial charge in [-0.3, -0.25) is 0 Å². The third-order valence-corrected chi connectivity index (χ3v) is 16.6. The summed E-state index contributed by atoms with van der Waals surface area (Å²) in [5.41, 5.74) is 24.3. The Bertz CT molecular complexity index is 3930. The van der Waals surface area contributed by atoms with Gasteiger partial charge in [0, 0.05) is 44.4 Å². The van der Waals surface area contributed by atoms with E-state index in [0.717, 1.165) is 33.9 Å². The van der Waals surface area contributed by atoms with Crippen molar-refractivity contribution < 1.29 is 0 Å². The third-order valence-electron chi connectivity index (χ3n) is 16.6. The number of anilines is 6. The molecule has 0 radical (unpaired) electrons. The van der Waals surface area contributed by atoms with E-state index in [9.17, 15) is 0 Å². The first-order valence-corrected chi connectivity index (χ1v) is 26.7. The second kappa shape index (κ2) is 17.7. The van der Waals surface area contributed by atoms with E-state index in [0.29, 0.717) is 0 Å². The van der Waals surface area contributed by atoms with Gasteiger partial charge in [-0.1, -0.05) is 234 Å². The summed E-state index contributed by atoms with van der Waals surface area (Å²) in [6.45, 7) is 9.52. The molecule has 0 heterocycles. The maximum absolute atomic E-state index is 2.48. The van der Waals surface area contributed by atoms with Crippen LogP contribution in [0.15, 0.2) is 267 Å². The van der Waals surface area contributed by atoms with Gasteiger partial charge in [-0.25, -0.2) is 0 Å². The van der Waals surface area contributed by atoms with Gasteiger partial charge in [0.1, 0.15) is 0 Å². The molecular formula is C74H56N2. The lowest BCUT2D eigenvalue weighted by Crippen LogP contribution is -2.17. The van der Waals surface area contributed by atoms with E-state index >= 15 is 0 Å². The van der Waals surface area contributed by atoms with Crippen molar-refractivity contribution in [3.8, 4) is 55.6 Å². The van der Waals surface area contributed by atoms with Crippen molar-refractivity contribution in [2.45, 2.75) is 38.5 Å². The zero-order chi connectivity index (χ0) is 51.1. The average molecular weight is 973 g/mol. The topological polar surface area (TPSA) is 6.48 Å². The average Bonchev–Trinajstić information content (AvgIpc) is 4.06. The smallest absolute Gasteiger partial charge is 0.0543 e. The molecule has 362 valence electrons. The van der Waals surface area contributed by atoms with E-state index in [1.165, 1.54) is 99.7 Å². The van der Waals surface area contributed by atoms with Crippen LogP contribution in [0.1, 0.15) is 49.9 Å². The summed E-state index contributed by atoms with van der Waals surface area (Å²) >= 11 is 0. The van der Waals surface area contributed by atoms with Gasteiger partial charge in [0.15, 0.2) is 0 Å². The quantitative estimate of drug-likeness (QED) is 0.142. The van der Waals surface area contributed by atoms with Crippen molar-refractivity contribution in [1.82, 2.24) is 0 Å². The summed E-state index contributed by atoms with van der Waals surface area (Å²) in [6, 6.07) is 98.8. The number of nitrogens with zero attached hydrogens (tertiary/aromatic N) is 2. The van der Waals surface area contributed by atoms with E-state index < -0.39 is 0 Å². The van der Waals surface area contributed by atoms with Crippen LogP contribution in [0.3, 0.4) is 0 Å². The van der Waals surface area contributed by atoms with Crippen LogP contribution in [-0.4, -0.2) is 0 Å². The molecule has 76 heavy (non-hydrogen) atoms. The maximum Gasteiger partial charge on any atom is 0.0543 e. The molecule has 0 aliphatic heterocycles. The van der Waals surface area contributed by atoms with Gasteiger partial charge in [0.05, 0.1) is 11.4 Å². The van der Waals surface area contributed by atoms with Crippen molar-refractivity contribution >= 4 is 55.7 Å². The van der Waals surface area contributed by atoms with Crippen molar-refractivity contribution in [3.63, 3.8) is 0 Å². The summed E-state index contributed by atoms with van der Waals surface area (Å²) in [5, 5.41) is 5.00. The Balaban J connectivity index is 0.894. The molecule has 0 amide bonds. The Morgan fingerprint density at radius 2 is 0.566 bits per heavy atom. The van der Waals surface area contributed by atoms with Crippen LogP contribution >= 0.6 is 0 Å². The normalized spacial score (nSPS) is 13.5. The minimum absolute atomic E-state index is 0.172. The molecule has 0 saturated heterocycles. The molecule has 12 aromatic carbocycles. The van der Waals surface area contributed by atoms with Gasteiger partial charge >= 0.3 is 0 Å². The Morgan fingerprint density at radius 1 is 0.237 bits per heavy atom. The Labute approximate surface area is 446 Å². The highest BCUT2D eigenvalue weighted by atomic mass is 15.1. The largest absolute Gasteiger partial charge is 0.310 e. The number of benzene rings is 12. The Morgan fingerprint density at radius 3 is 0.974 bits per heavy atom. The van der Waals surface area contributed by atoms with Crippen LogP contribution in [0.2, 0.25) is 0 Å². The van der Waals surface area contributed by atoms with Gasteiger partial charge in [-0.05, 0) is 149 Å². The molecule has 2 heteroatoms. The van der Waals surface area contributed by atoms with Crippen LogP contribution < -0.4 is 9.80 Å². The van der Waals surface area contributed by atoms with Crippen molar-refractivity contribution in [1.29, 1.82) is 0 Å². The zero-order valence-electron chi connectivity index (χ0n) is 43.3. The number of hydrogen-bond acceptors (Lipinski definition) is 2. The first-order valence-electron chi connectivity index (χ1n) is 26.7. The van der Waals surface area contributed by atoms with Crippen molar-refractivity contribution in [2.24, 2.45) is 0 Å². The number of hydrogen-bond donors (Lipinski definition) is 0. The van der Waals surface area contributed by atoms with Crippen molar-refractivity contribution in [2.75, 3.05) is 9.80 Å². The van der Waals surface area contributed by atoms with Crippen molar-refractivity contribution in [3.05, 3.63) is 289 Å². The van der Waals surface area contributed by atoms with Gasteiger partial charge in [0.2, 0.25) is 0 Å². The van der Waals surface area contributed by atoms with Gasteiger partial charge in [0.25, 0.3) is 0 Å².